The van der Waals surface area contributed by atoms with Crippen LogP contribution in [0.4, 0.5) is 10.5 Å². The third-order valence-corrected chi connectivity index (χ3v) is 7.97. The van der Waals surface area contributed by atoms with E-state index < -0.39 is 17.1 Å². The zero-order valence-electron chi connectivity index (χ0n) is 19.2. The number of hydrogen-bond acceptors (Lipinski definition) is 5. The van der Waals surface area contributed by atoms with Gasteiger partial charge in [0.15, 0.2) is 0 Å². The first-order valence-electron chi connectivity index (χ1n) is 10.8. The molecule has 11 heteroatoms. The fourth-order valence-electron chi connectivity index (χ4n) is 3.42. The first-order chi connectivity index (χ1) is 17.6. The van der Waals surface area contributed by atoms with E-state index in [1.165, 1.54) is 0 Å². The normalized spacial score (nSPS) is 14.4. The summed E-state index contributed by atoms with van der Waals surface area (Å²) in [5, 5.41) is 3.27. The van der Waals surface area contributed by atoms with E-state index in [2.05, 4.69) is 37.2 Å². The largest absolute Gasteiger partial charge is 0.486 e. The molecule has 3 aromatic rings. The number of ether oxygens (including phenoxy) is 1. The monoisotopic (exact) mass is 682 g/mol. The Morgan fingerprint density at radius 1 is 1.08 bits per heavy atom. The average Bonchev–Trinajstić information content (AvgIpc) is 3.08. The Balaban J connectivity index is 1.45. The van der Waals surface area contributed by atoms with Gasteiger partial charge in [-0.1, -0.05) is 47.5 Å². The summed E-state index contributed by atoms with van der Waals surface area (Å²) in [4.78, 5) is 39.0. The van der Waals surface area contributed by atoms with Crippen molar-refractivity contribution in [2.45, 2.75) is 13.5 Å². The van der Waals surface area contributed by atoms with Gasteiger partial charge in [0, 0.05) is 21.3 Å². The maximum Gasteiger partial charge on any atom is 0.294 e. The van der Waals surface area contributed by atoms with Crippen molar-refractivity contribution in [3.8, 4) is 5.75 Å². The third kappa shape index (κ3) is 6.78. The van der Waals surface area contributed by atoms with Gasteiger partial charge >= 0.3 is 0 Å². The number of thioether (sulfide) groups is 1. The number of carbonyl (C=O) groups is 3. The Hall–Kier alpha value is -2.30. The summed E-state index contributed by atoms with van der Waals surface area (Å²) < 4.78 is 7.20. The first-order valence-corrected chi connectivity index (χ1v) is 13.9. The van der Waals surface area contributed by atoms with Crippen molar-refractivity contribution < 1.29 is 19.1 Å². The number of anilines is 1. The van der Waals surface area contributed by atoms with Crippen LogP contribution in [0.5, 0.6) is 5.75 Å². The Morgan fingerprint density at radius 2 is 1.78 bits per heavy atom. The lowest BCUT2D eigenvalue weighted by atomic mass is 10.2. The summed E-state index contributed by atoms with van der Waals surface area (Å²) >= 11 is 20.0. The van der Waals surface area contributed by atoms with Crippen molar-refractivity contribution in [3.05, 3.63) is 95.2 Å². The zero-order chi connectivity index (χ0) is 26.7. The van der Waals surface area contributed by atoms with Crippen molar-refractivity contribution in [2.24, 2.45) is 0 Å². The highest BCUT2D eigenvalue weighted by Gasteiger charge is 2.36. The summed E-state index contributed by atoms with van der Waals surface area (Å²) in [6.07, 6.45) is 1.60. The Bertz CT molecular complexity index is 1420. The molecule has 0 bridgehead atoms. The third-order valence-electron chi connectivity index (χ3n) is 5.30. The minimum absolute atomic E-state index is 0.217. The number of halogens is 4. The van der Waals surface area contributed by atoms with Crippen LogP contribution in [0, 0.1) is 6.92 Å². The van der Waals surface area contributed by atoms with Crippen LogP contribution in [-0.2, 0) is 16.2 Å². The van der Waals surface area contributed by atoms with E-state index in [0.717, 1.165) is 27.8 Å². The molecule has 0 radical (unpaired) electrons. The fourth-order valence-corrected chi connectivity index (χ4v) is 6.18. The van der Waals surface area contributed by atoms with Crippen molar-refractivity contribution in [3.63, 3.8) is 0 Å². The van der Waals surface area contributed by atoms with Gasteiger partial charge in [0.2, 0.25) is 5.91 Å². The summed E-state index contributed by atoms with van der Waals surface area (Å²) in [6.45, 7) is 1.71. The Morgan fingerprint density at radius 3 is 2.46 bits per heavy atom. The number of rotatable bonds is 7. The molecule has 6 nitrogen and oxygen atoms in total. The number of benzene rings is 3. The molecule has 1 fully saturated rings. The van der Waals surface area contributed by atoms with Crippen LogP contribution in [0.2, 0.25) is 10.0 Å². The molecule has 3 amide bonds. The predicted octanol–water partition coefficient (Wildman–Crippen LogP) is 8.08. The smallest absolute Gasteiger partial charge is 0.294 e. The Labute approximate surface area is 244 Å². The molecular formula is C26H18Br2Cl2N2O4S. The summed E-state index contributed by atoms with van der Waals surface area (Å²) in [6, 6.07) is 16.0. The van der Waals surface area contributed by atoms with Crippen molar-refractivity contribution in [1.29, 1.82) is 0 Å². The van der Waals surface area contributed by atoms with E-state index in [9.17, 15) is 14.4 Å². The molecule has 1 saturated heterocycles. The van der Waals surface area contributed by atoms with E-state index in [-0.39, 0.29) is 18.1 Å². The maximum absolute atomic E-state index is 12.9. The predicted molar refractivity (Wildman–Crippen MR) is 155 cm³/mol. The number of para-hydroxylation sites is 1. The lowest BCUT2D eigenvalue weighted by Crippen LogP contribution is -2.36. The SMILES string of the molecule is Cc1ccccc1NC(=O)CN1C(=O)S/C(=C/c2cc(Br)c(OCc3ccc(Cl)cc3Cl)c(Br)c2)C1=O. The second kappa shape index (κ2) is 12.0. The van der Waals surface area contributed by atoms with E-state index in [4.69, 9.17) is 27.9 Å². The van der Waals surface area contributed by atoms with Crippen LogP contribution in [0.1, 0.15) is 16.7 Å². The van der Waals surface area contributed by atoms with E-state index in [1.54, 1.807) is 48.5 Å². The van der Waals surface area contributed by atoms with Crippen molar-refractivity contribution >= 4 is 95.6 Å². The summed E-state index contributed by atoms with van der Waals surface area (Å²) in [7, 11) is 0. The molecular weight excluding hydrogens is 667 g/mol. The van der Waals surface area contributed by atoms with Gasteiger partial charge in [-0.3, -0.25) is 19.3 Å². The molecule has 1 heterocycles. The highest BCUT2D eigenvalue weighted by atomic mass is 79.9. The molecule has 1 aliphatic rings. The van der Waals surface area contributed by atoms with Crippen LogP contribution >= 0.6 is 66.8 Å². The lowest BCUT2D eigenvalue weighted by Gasteiger charge is -2.13. The van der Waals surface area contributed by atoms with Crippen LogP contribution < -0.4 is 10.1 Å². The fraction of sp³-hybridized carbons (Fsp3) is 0.115. The molecule has 0 unspecified atom stereocenters. The number of nitrogens with one attached hydrogen (secondary N) is 1. The van der Waals surface area contributed by atoms with Crippen LogP contribution in [0.15, 0.2) is 68.4 Å². The van der Waals surface area contributed by atoms with Crippen molar-refractivity contribution in [2.75, 3.05) is 11.9 Å². The van der Waals surface area contributed by atoms with Gasteiger partial charge in [-0.2, -0.15) is 0 Å². The molecule has 4 rings (SSSR count). The number of imide groups is 1. The van der Waals surface area contributed by atoms with Gasteiger partial charge < -0.3 is 10.1 Å². The molecule has 1 aliphatic heterocycles. The van der Waals surface area contributed by atoms with Crippen LogP contribution in [-0.4, -0.2) is 28.5 Å². The number of hydrogen-bond donors (Lipinski definition) is 1. The minimum Gasteiger partial charge on any atom is -0.486 e. The minimum atomic E-state index is -0.528. The van der Waals surface area contributed by atoms with Gasteiger partial charge in [-0.25, -0.2) is 0 Å². The van der Waals surface area contributed by atoms with E-state index in [1.807, 2.05) is 19.1 Å². The summed E-state index contributed by atoms with van der Waals surface area (Å²) in [5.41, 5.74) is 2.94. The summed E-state index contributed by atoms with van der Waals surface area (Å²) in [5.74, 6) is -0.435. The highest BCUT2D eigenvalue weighted by Crippen LogP contribution is 2.38. The topological polar surface area (TPSA) is 75.7 Å². The molecule has 0 aliphatic carbocycles. The second-order valence-corrected chi connectivity index (χ2v) is 11.5. The molecule has 0 atom stereocenters. The Kier molecular flexibility index (Phi) is 9.03. The molecule has 190 valence electrons. The zero-order valence-corrected chi connectivity index (χ0v) is 24.7. The second-order valence-electron chi connectivity index (χ2n) is 7.97. The molecule has 37 heavy (non-hydrogen) atoms. The molecule has 1 N–H and O–H groups in total. The molecule has 0 saturated carbocycles. The van der Waals surface area contributed by atoms with Crippen LogP contribution in [0.3, 0.4) is 0 Å². The van der Waals surface area contributed by atoms with Gasteiger partial charge in [0.1, 0.15) is 18.9 Å². The quantitative estimate of drug-likeness (QED) is 0.255. The first kappa shape index (κ1) is 27.7. The number of aryl methyl sites for hydroxylation is 1. The van der Waals surface area contributed by atoms with Gasteiger partial charge in [0.25, 0.3) is 11.1 Å². The molecule has 0 spiro atoms. The number of carbonyl (C=O) groups excluding carboxylic acids is 3. The van der Waals surface area contributed by atoms with E-state index in [0.29, 0.717) is 36.0 Å². The molecule has 0 aromatic heterocycles. The van der Waals surface area contributed by atoms with Crippen molar-refractivity contribution in [1.82, 2.24) is 4.90 Å². The van der Waals surface area contributed by atoms with E-state index >= 15 is 0 Å². The highest BCUT2D eigenvalue weighted by molar-refractivity contribution is 9.11. The maximum atomic E-state index is 12.9. The lowest BCUT2D eigenvalue weighted by molar-refractivity contribution is -0.127. The van der Waals surface area contributed by atoms with Crippen LogP contribution in [0.25, 0.3) is 6.08 Å². The number of nitrogens with zero attached hydrogens (tertiary/aromatic N) is 1. The van der Waals surface area contributed by atoms with Gasteiger partial charge in [-0.15, -0.1) is 0 Å². The standard InChI is InChI=1S/C26H18Br2Cl2N2O4S/c1-14-4-2-3-5-21(14)31-23(33)12-32-25(34)22(37-26(32)35)10-15-8-18(27)24(19(28)9-15)36-13-16-6-7-17(29)11-20(16)30/h2-11H,12-13H2,1H3,(H,31,33)/b22-10+. The number of amides is 3. The average molecular weight is 685 g/mol. The van der Waals surface area contributed by atoms with Gasteiger partial charge in [-0.05, 0) is 98.1 Å². The van der Waals surface area contributed by atoms with Gasteiger partial charge in [0.05, 0.1) is 13.9 Å². The molecule has 3 aromatic carbocycles.